The molecular weight excluding hydrogens is 793 g/mol. The van der Waals surface area contributed by atoms with Gasteiger partial charge in [-0.3, -0.25) is 10.3 Å². The number of anilines is 1. The number of hydrogen-bond donors (Lipinski definition) is 3. The van der Waals surface area contributed by atoms with Crippen LogP contribution in [0.15, 0.2) is 100 Å². The molecule has 0 aliphatic carbocycles. The third-order valence-corrected chi connectivity index (χ3v) is 9.28. The summed E-state index contributed by atoms with van der Waals surface area (Å²) >= 11 is 0.941. The Hall–Kier alpha value is -6.49. The lowest BCUT2D eigenvalue weighted by Gasteiger charge is -2.32. The van der Waals surface area contributed by atoms with Crippen LogP contribution in [0.4, 0.5) is 14.7 Å². The Morgan fingerprint density at radius 2 is 1.47 bits per heavy atom. The number of thiazole rings is 1. The first-order valence-electron chi connectivity index (χ1n) is 19.2. The summed E-state index contributed by atoms with van der Waals surface area (Å²) in [6, 6.07) is 24.8. The molecule has 3 aromatic carbocycles. The number of aliphatic carboxylic acids is 1. The van der Waals surface area contributed by atoms with Crippen molar-refractivity contribution < 1.29 is 48.1 Å². The van der Waals surface area contributed by atoms with Crippen LogP contribution >= 0.6 is 11.3 Å². The van der Waals surface area contributed by atoms with Gasteiger partial charge in [-0.05, 0) is 89.8 Å². The Labute approximate surface area is 352 Å². The number of aliphatic imine (C=N–C) groups is 1. The molecule has 1 atom stereocenters. The summed E-state index contributed by atoms with van der Waals surface area (Å²) in [6.45, 7) is 11.1. The highest BCUT2D eigenvalue weighted by molar-refractivity contribution is 7.14. The minimum atomic E-state index is -1.56. The number of carbonyl (C=O) groups excluding carboxylic acids is 3. The van der Waals surface area contributed by atoms with E-state index in [0.717, 1.165) is 11.3 Å². The Morgan fingerprint density at radius 1 is 0.883 bits per heavy atom. The van der Waals surface area contributed by atoms with Crippen molar-refractivity contribution in [2.75, 3.05) is 25.0 Å². The van der Waals surface area contributed by atoms with Crippen LogP contribution in [0.25, 0.3) is 0 Å². The second-order valence-corrected chi connectivity index (χ2v) is 16.5. The molecule has 1 aliphatic rings. The molecule has 60 heavy (non-hydrogen) atoms. The first-order chi connectivity index (χ1) is 28.4. The van der Waals surface area contributed by atoms with Crippen molar-refractivity contribution in [3.8, 4) is 5.75 Å². The van der Waals surface area contributed by atoms with Crippen molar-refractivity contribution in [3.05, 3.63) is 113 Å². The van der Waals surface area contributed by atoms with Crippen LogP contribution in [-0.4, -0.2) is 93.7 Å². The summed E-state index contributed by atoms with van der Waals surface area (Å²) < 4.78 is 22.7. The lowest BCUT2D eigenvalue weighted by atomic mass is 10.0. The second-order valence-electron chi connectivity index (χ2n) is 15.7. The number of aromatic nitrogens is 1. The highest BCUT2D eigenvalue weighted by atomic mass is 32.1. The predicted molar refractivity (Wildman–Crippen MR) is 225 cm³/mol. The molecule has 4 N–H and O–H groups in total. The van der Waals surface area contributed by atoms with Gasteiger partial charge in [-0.1, -0.05) is 65.8 Å². The zero-order valence-corrected chi connectivity index (χ0v) is 35.1. The number of rotatable bonds is 14. The van der Waals surface area contributed by atoms with Gasteiger partial charge in [0.15, 0.2) is 11.2 Å². The summed E-state index contributed by atoms with van der Waals surface area (Å²) in [5.41, 5.74) is 6.25. The molecular formula is C43H50N6O10S. The molecule has 0 radical (unpaired) electrons. The minimum Gasteiger partial charge on any atom is -0.489 e. The van der Waals surface area contributed by atoms with Crippen LogP contribution in [0.1, 0.15) is 82.9 Å². The zero-order valence-electron chi connectivity index (χ0n) is 34.3. The van der Waals surface area contributed by atoms with E-state index in [0.29, 0.717) is 54.2 Å². The van der Waals surface area contributed by atoms with Crippen molar-refractivity contribution >= 4 is 52.1 Å². The highest BCUT2D eigenvalue weighted by Gasteiger charge is 2.31. The van der Waals surface area contributed by atoms with Gasteiger partial charge >= 0.3 is 24.1 Å². The van der Waals surface area contributed by atoms with Crippen molar-refractivity contribution in [2.24, 2.45) is 15.9 Å². The van der Waals surface area contributed by atoms with E-state index in [1.165, 1.54) is 5.38 Å². The number of likely N-dealkylation sites (tertiary alicyclic amines) is 1. The number of nitrogens with one attached hydrogen (secondary N) is 1. The lowest BCUT2D eigenvalue weighted by Crippen LogP contribution is -2.42. The number of oxime groups is 1. The van der Waals surface area contributed by atoms with E-state index < -0.39 is 53.8 Å². The third-order valence-electron chi connectivity index (χ3n) is 8.52. The fraction of sp³-hybridized carbons (Fsp3) is 0.372. The maximum atomic E-state index is 14.0. The fourth-order valence-electron chi connectivity index (χ4n) is 5.73. The van der Waals surface area contributed by atoms with Crippen LogP contribution in [0.2, 0.25) is 0 Å². The number of amides is 2. The summed E-state index contributed by atoms with van der Waals surface area (Å²) in [5.74, 6) is -1.75. The number of nitrogens with zero attached hydrogens (tertiary/aromatic N) is 4. The van der Waals surface area contributed by atoms with Crippen molar-refractivity contribution in [2.45, 2.75) is 83.8 Å². The van der Waals surface area contributed by atoms with Crippen molar-refractivity contribution in [1.82, 2.24) is 9.88 Å². The van der Waals surface area contributed by atoms with Crippen LogP contribution < -0.4 is 15.8 Å². The number of carbonyl (C=O) groups is 4. The molecule has 17 heteroatoms. The molecule has 4 aromatic rings. The number of carboxylic acids is 1. The molecule has 0 spiro atoms. The highest BCUT2D eigenvalue weighted by Crippen LogP contribution is 2.27. The van der Waals surface area contributed by atoms with Crippen LogP contribution in [0, 0.1) is 0 Å². The van der Waals surface area contributed by atoms with E-state index in [1.807, 2.05) is 81.4 Å². The molecule has 318 valence electrons. The quantitative estimate of drug-likeness (QED) is 0.0379. The maximum Gasteiger partial charge on any atom is 0.413 e. The van der Waals surface area contributed by atoms with Gasteiger partial charge in [-0.25, -0.2) is 24.2 Å². The first-order valence-corrected chi connectivity index (χ1v) is 20.1. The van der Waals surface area contributed by atoms with Crippen LogP contribution in [0.5, 0.6) is 5.75 Å². The molecule has 2 amide bonds. The van der Waals surface area contributed by atoms with E-state index in [1.54, 1.807) is 49.9 Å². The van der Waals surface area contributed by atoms with Gasteiger partial charge in [0.2, 0.25) is 5.71 Å². The first kappa shape index (κ1) is 44.6. The van der Waals surface area contributed by atoms with E-state index in [-0.39, 0.29) is 23.0 Å². The third kappa shape index (κ3) is 13.5. The standard InChI is InChI=1S/C43H50N6O10S/c1-42(2,3)57-40(53)47-39-46-32(26-60-39)34(37(50)51)48-59-33(38(52)56-35(27-13-9-7-10-14-27)28-15-11-8-12-16-28)25-55-31-19-17-29(18-20-31)36(44)45-30-21-23-49(24-22-30)41(54)58-43(4,5)6/h7-20,26,30,33,35H,21-25H2,1-6H3,(H2,44,45)(H,50,51)(H,46,47,53)/b48-34-. The molecule has 1 saturated heterocycles. The summed E-state index contributed by atoms with van der Waals surface area (Å²) in [4.78, 5) is 67.2. The summed E-state index contributed by atoms with van der Waals surface area (Å²) in [6.07, 6.45) is -2.27. The zero-order chi connectivity index (χ0) is 43.5. The average molecular weight is 843 g/mol. The molecule has 1 aromatic heterocycles. The van der Waals surface area contributed by atoms with Gasteiger partial charge in [-0.2, -0.15) is 0 Å². The van der Waals surface area contributed by atoms with Gasteiger partial charge in [0.25, 0.3) is 6.10 Å². The summed E-state index contributed by atoms with van der Waals surface area (Å²) in [7, 11) is 0. The van der Waals surface area contributed by atoms with Crippen molar-refractivity contribution in [1.29, 1.82) is 0 Å². The molecule has 1 fully saturated rings. The average Bonchev–Trinajstić information content (AvgIpc) is 3.65. The number of ether oxygens (including phenoxy) is 4. The predicted octanol–water partition coefficient (Wildman–Crippen LogP) is 7.18. The number of benzene rings is 3. The Balaban J connectivity index is 1.31. The van der Waals surface area contributed by atoms with E-state index in [4.69, 9.17) is 29.5 Å². The molecule has 16 nitrogen and oxygen atoms in total. The number of amidine groups is 1. The van der Waals surface area contributed by atoms with E-state index in [2.05, 4.69) is 20.4 Å². The normalized spacial score (nSPS) is 14.6. The number of nitrogens with two attached hydrogens (primary N) is 1. The molecule has 1 unspecified atom stereocenters. The maximum absolute atomic E-state index is 14.0. The molecule has 1 aliphatic heterocycles. The number of hydrogen-bond acceptors (Lipinski definition) is 13. The largest absolute Gasteiger partial charge is 0.489 e. The van der Waals surface area contributed by atoms with Gasteiger partial charge in [-0.15, -0.1) is 11.3 Å². The van der Waals surface area contributed by atoms with Gasteiger partial charge in [0.05, 0.1) is 6.04 Å². The number of esters is 1. The molecule has 0 saturated carbocycles. The Kier molecular flexibility index (Phi) is 14.9. The van der Waals surface area contributed by atoms with Gasteiger partial charge in [0.1, 0.15) is 35.1 Å². The number of carboxylic acid groups (broad SMARTS) is 1. The minimum absolute atomic E-state index is 0.0544. The van der Waals surface area contributed by atoms with Crippen molar-refractivity contribution in [3.63, 3.8) is 0 Å². The van der Waals surface area contributed by atoms with Gasteiger partial charge in [0, 0.05) is 24.0 Å². The SMILES string of the molecule is CC(C)(C)OC(=O)Nc1nc(/C(=N/OC(COc2ccc(C(N)=NC3CCN(C(=O)OC(C)(C)C)CC3)cc2)C(=O)OC(c2ccccc2)c2ccccc2)C(=O)O)cs1. The van der Waals surface area contributed by atoms with Crippen LogP contribution in [-0.2, 0) is 28.6 Å². The number of piperidine rings is 1. The van der Waals surface area contributed by atoms with Gasteiger partial charge < -0.3 is 39.5 Å². The monoisotopic (exact) mass is 842 g/mol. The lowest BCUT2D eigenvalue weighted by molar-refractivity contribution is -0.163. The van der Waals surface area contributed by atoms with E-state index >= 15 is 0 Å². The molecule has 0 bridgehead atoms. The Morgan fingerprint density at radius 3 is 2.02 bits per heavy atom. The van der Waals surface area contributed by atoms with Crippen LogP contribution in [0.3, 0.4) is 0 Å². The Bertz CT molecular complexity index is 2100. The second kappa shape index (κ2) is 20.0. The molecule has 2 heterocycles. The van der Waals surface area contributed by atoms with E-state index in [9.17, 15) is 24.3 Å². The fourth-order valence-corrected chi connectivity index (χ4v) is 6.41. The topological polar surface area (TPSA) is 214 Å². The molecule has 5 rings (SSSR count). The smallest absolute Gasteiger partial charge is 0.413 e. The summed E-state index contributed by atoms with van der Waals surface area (Å²) in [5, 5.41) is 17.8.